The van der Waals surface area contributed by atoms with Crippen LogP contribution in [0.2, 0.25) is 0 Å². The molecule has 120 valence electrons. The first kappa shape index (κ1) is 16.2. The Bertz CT molecular complexity index is 451. The van der Waals surface area contributed by atoms with Crippen molar-refractivity contribution in [3.8, 4) is 0 Å². The molecule has 8 heteroatoms. The van der Waals surface area contributed by atoms with E-state index in [0.29, 0.717) is 31.5 Å². The second kappa shape index (κ2) is 6.74. The number of likely N-dealkylation sites (N-methyl/N-ethyl adjacent to an activating group) is 1. The predicted molar refractivity (Wildman–Crippen MR) is 72.7 cm³/mol. The van der Waals surface area contributed by atoms with E-state index in [9.17, 15) is 13.2 Å². The van der Waals surface area contributed by atoms with E-state index < -0.39 is 12.0 Å². The highest BCUT2D eigenvalue weighted by Crippen LogP contribution is 2.29. The maximum Gasteiger partial charge on any atom is 0.451 e. The number of nitrogens with one attached hydrogen (secondary N) is 1. The molecular formula is C13H22F3N5. The van der Waals surface area contributed by atoms with E-state index in [1.54, 1.807) is 0 Å². The Hall–Kier alpha value is -1.15. The Balaban J connectivity index is 2.01. The van der Waals surface area contributed by atoms with Crippen molar-refractivity contribution in [1.82, 2.24) is 25.0 Å². The molecule has 0 aliphatic carbocycles. The van der Waals surface area contributed by atoms with Gasteiger partial charge in [0.15, 0.2) is 0 Å². The average molecular weight is 305 g/mol. The molecule has 1 aliphatic heterocycles. The first-order valence-electron chi connectivity index (χ1n) is 7.40. The molecule has 0 bridgehead atoms. The third kappa shape index (κ3) is 3.94. The highest BCUT2D eigenvalue weighted by molar-refractivity contribution is 5.02. The number of hydrogen-bond donors (Lipinski definition) is 1. The predicted octanol–water partition coefficient (Wildman–Crippen LogP) is 1.89. The van der Waals surface area contributed by atoms with E-state index in [-0.39, 0.29) is 0 Å². The van der Waals surface area contributed by atoms with Crippen LogP contribution < -0.4 is 5.32 Å². The lowest BCUT2D eigenvalue weighted by Gasteiger charge is -2.31. The van der Waals surface area contributed by atoms with Crippen LogP contribution in [0.4, 0.5) is 13.2 Å². The molecule has 1 aromatic rings. The molecule has 0 saturated heterocycles. The van der Waals surface area contributed by atoms with Crippen molar-refractivity contribution in [3.63, 3.8) is 0 Å². The zero-order chi connectivity index (χ0) is 15.5. The molecule has 1 N–H and O–H groups in total. The van der Waals surface area contributed by atoms with Crippen LogP contribution in [0.3, 0.4) is 0 Å². The van der Waals surface area contributed by atoms with Crippen molar-refractivity contribution >= 4 is 0 Å². The zero-order valence-electron chi connectivity index (χ0n) is 12.4. The molecular weight excluding hydrogens is 283 g/mol. The van der Waals surface area contributed by atoms with Gasteiger partial charge in [-0.2, -0.15) is 13.2 Å². The maximum absolute atomic E-state index is 12.8. The molecule has 1 atom stereocenters. The van der Waals surface area contributed by atoms with E-state index >= 15 is 0 Å². The fraction of sp³-hybridized carbons (Fsp3) is 0.846. The van der Waals surface area contributed by atoms with Crippen molar-refractivity contribution in [2.75, 3.05) is 19.6 Å². The Labute approximate surface area is 122 Å². The molecule has 21 heavy (non-hydrogen) atoms. The quantitative estimate of drug-likeness (QED) is 0.872. The van der Waals surface area contributed by atoms with Crippen LogP contribution in [-0.2, 0) is 19.3 Å². The maximum atomic E-state index is 12.8. The Morgan fingerprint density at radius 2 is 2.00 bits per heavy atom. The van der Waals surface area contributed by atoms with Crippen LogP contribution in [0, 0.1) is 0 Å². The normalized spacial score (nSPS) is 17.8. The van der Waals surface area contributed by atoms with Crippen LogP contribution in [0.5, 0.6) is 0 Å². The van der Waals surface area contributed by atoms with Gasteiger partial charge in [0.05, 0.1) is 6.54 Å². The number of halogens is 3. The first-order chi connectivity index (χ1) is 9.95. The molecule has 2 heterocycles. The van der Waals surface area contributed by atoms with E-state index in [1.807, 2.05) is 0 Å². The summed E-state index contributed by atoms with van der Waals surface area (Å²) in [7, 11) is 0. The van der Waals surface area contributed by atoms with E-state index in [2.05, 4.69) is 34.3 Å². The van der Waals surface area contributed by atoms with Gasteiger partial charge in [-0.15, -0.1) is 10.2 Å². The van der Waals surface area contributed by atoms with Crippen LogP contribution in [0.1, 0.15) is 38.3 Å². The van der Waals surface area contributed by atoms with Gasteiger partial charge in [-0.05, 0) is 13.0 Å². The molecule has 1 aliphatic rings. The molecule has 0 fully saturated rings. The molecule has 0 amide bonds. The van der Waals surface area contributed by atoms with Gasteiger partial charge < -0.3 is 9.88 Å². The molecule has 0 spiro atoms. The minimum absolute atomic E-state index is 0.294. The van der Waals surface area contributed by atoms with E-state index in [0.717, 1.165) is 25.9 Å². The van der Waals surface area contributed by atoms with Gasteiger partial charge >= 0.3 is 6.18 Å². The Morgan fingerprint density at radius 3 is 2.62 bits per heavy atom. The third-order valence-electron chi connectivity index (χ3n) is 3.69. The summed E-state index contributed by atoms with van der Waals surface area (Å²) in [6.45, 7) is 7.23. The smallest absolute Gasteiger partial charge is 0.313 e. The lowest BCUT2D eigenvalue weighted by Crippen LogP contribution is -2.44. The fourth-order valence-corrected chi connectivity index (χ4v) is 2.78. The number of nitrogens with zero attached hydrogens (tertiary/aromatic N) is 4. The summed E-state index contributed by atoms with van der Waals surface area (Å²) >= 11 is 0. The standard InChI is InChI=1S/C13H22F3N5/c1-3-5-10(17-4-2)8-20-6-7-21-11(9-20)18-19-12(21)13(14,15)16/h10,17H,3-9H2,1-2H3. The fourth-order valence-electron chi connectivity index (χ4n) is 2.78. The van der Waals surface area contributed by atoms with Crippen molar-refractivity contribution < 1.29 is 13.2 Å². The minimum atomic E-state index is -4.43. The van der Waals surface area contributed by atoms with Gasteiger partial charge in [-0.3, -0.25) is 4.90 Å². The van der Waals surface area contributed by atoms with Crippen LogP contribution in [-0.4, -0.2) is 45.3 Å². The monoisotopic (exact) mass is 305 g/mol. The van der Waals surface area contributed by atoms with Crippen molar-refractivity contribution in [2.45, 2.75) is 52.0 Å². The number of fused-ring (bicyclic) bond motifs is 1. The molecule has 1 unspecified atom stereocenters. The molecule has 0 radical (unpaired) electrons. The van der Waals surface area contributed by atoms with E-state index in [1.165, 1.54) is 4.57 Å². The lowest BCUT2D eigenvalue weighted by molar-refractivity contribution is -0.148. The molecule has 5 nitrogen and oxygen atoms in total. The third-order valence-corrected chi connectivity index (χ3v) is 3.69. The number of rotatable bonds is 6. The van der Waals surface area contributed by atoms with Crippen molar-refractivity contribution in [1.29, 1.82) is 0 Å². The molecule has 0 aromatic carbocycles. The first-order valence-corrected chi connectivity index (χ1v) is 7.40. The highest BCUT2D eigenvalue weighted by atomic mass is 19.4. The number of hydrogen-bond acceptors (Lipinski definition) is 4. The summed E-state index contributed by atoms with van der Waals surface area (Å²) in [5.41, 5.74) is 0. The summed E-state index contributed by atoms with van der Waals surface area (Å²) in [6, 6.07) is 0.372. The minimum Gasteiger partial charge on any atom is -0.313 e. The highest BCUT2D eigenvalue weighted by Gasteiger charge is 2.39. The largest absolute Gasteiger partial charge is 0.451 e. The summed E-state index contributed by atoms with van der Waals surface area (Å²) in [5.74, 6) is -0.478. The lowest BCUT2D eigenvalue weighted by atomic mass is 10.1. The van der Waals surface area contributed by atoms with Crippen LogP contribution in [0.25, 0.3) is 0 Å². The summed E-state index contributed by atoms with van der Waals surface area (Å²) in [5, 5.41) is 10.4. The summed E-state index contributed by atoms with van der Waals surface area (Å²) in [4.78, 5) is 2.15. The van der Waals surface area contributed by atoms with Gasteiger partial charge in [0.25, 0.3) is 0 Å². The van der Waals surface area contributed by atoms with Crippen molar-refractivity contribution in [2.24, 2.45) is 0 Å². The van der Waals surface area contributed by atoms with Gasteiger partial charge in [-0.25, -0.2) is 0 Å². The SMILES string of the molecule is CCCC(CN1CCn2c(nnc2C(F)(F)F)C1)NCC. The second-order valence-corrected chi connectivity index (χ2v) is 5.37. The van der Waals surface area contributed by atoms with Gasteiger partial charge in [0.2, 0.25) is 5.82 Å². The van der Waals surface area contributed by atoms with Crippen LogP contribution in [0.15, 0.2) is 0 Å². The average Bonchev–Trinajstić information content (AvgIpc) is 2.82. The van der Waals surface area contributed by atoms with Gasteiger partial charge in [0.1, 0.15) is 5.82 Å². The number of aromatic nitrogens is 3. The molecule has 0 saturated carbocycles. The molecule has 2 rings (SSSR count). The van der Waals surface area contributed by atoms with Crippen molar-refractivity contribution in [3.05, 3.63) is 11.6 Å². The topological polar surface area (TPSA) is 46.0 Å². The Morgan fingerprint density at radius 1 is 1.24 bits per heavy atom. The Kier molecular flexibility index (Phi) is 5.21. The number of alkyl halides is 3. The second-order valence-electron chi connectivity index (χ2n) is 5.37. The zero-order valence-corrected chi connectivity index (χ0v) is 12.4. The molecule has 1 aromatic heterocycles. The van der Waals surface area contributed by atoms with Gasteiger partial charge in [-0.1, -0.05) is 20.3 Å². The van der Waals surface area contributed by atoms with E-state index in [4.69, 9.17) is 0 Å². The summed E-state index contributed by atoms with van der Waals surface area (Å²) in [6.07, 6.45) is -2.29. The van der Waals surface area contributed by atoms with Gasteiger partial charge in [0, 0.05) is 25.7 Å². The summed E-state index contributed by atoms with van der Waals surface area (Å²) < 4.78 is 39.5. The van der Waals surface area contributed by atoms with Crippen LogP contribution >= 0.6 is 0 Å².